The number of carbonyl (C=O) groups is 1. The highest BCUT2D eigenvalue weighted by atomic mass is 79.9. The minimum absolute atomic E-state index is 0.269. The van der Waals surface area contributed by atoms with Gasteiger partial charge in [-0.25, -0.2) is 5.43 Å². The minimum Gasteiger partial charge on any atom is -0.504 e. The molecule has 0 unspecified atom stereocenters. The van der Waals surface area contributed by atoms with Crippen LogP contribution < -0.4 is 14.9 Å². The van der Waals surface area contributed by atoms with E-state index in [1.807, 2.05) is 0 Å². The van der Waals surface area contributed by atoms with Gasteiger partial charge in [0.15, 0.2) is 29.6 Å². The van der Waals surface area contributed by atoms with E-state index in [4.69, 9.17) is 9.47 Å². The summed E-state index contributed by atoms with van der Waals surface area (Å²) in [6.45, 7) is -0.292. The van der Waals surface area contributed by atoms with Gasteiger partial charge in [-0.3, -0.25) is 4.79 Å². The molecule has 0 aliphatic rings. The van der Waals surface area contributed by atoms with E-state index >= 15 is 0 Å². The van der Waals surface area contributed by atoms with Crippen molar-refractivity contribution in [1.82, 2.24) is 5.43 Å². The van der Waals surface area contributed by atoms with Crippen molar-refractivity contribution in [2.75, 3.05) is 13.7 Å². The van der Waals surface area contributed by atoms with Gasteiger partial charge in [-0.15, -0.1) is 0 Å². The van der Waals surface area contributed by atoms with E-state index in [9.17, 15) is 15.0 Å². The van der Waals surface area contributed by atoms with E-state index in [2.05, 4.69) is 74.2 Å². The summed E-state index contributed by atoms with van der Waals surface area (Å²) >= 11 is 13.1. The molecule has 0 aliphatic carbocycles. The molecule has 2 aromatic rings. The van der Waals surface area contributed by atoms with Crippen molar-refractivity contribution in [2.24, 2.45) is 5.10 Å². The Bertz CT molecular complexity index is 905. The van der Waals surface area contributed by atoms with Crippen LogP contribution >= 0.6 is 63.7 Å². The number of nitrogens with zero attached hydrogens (tertiary/aromatic N) is 1. The maximum atomic E-state index is 11.9. The molecule has 3 N–H and O–H groups in total. The van der Waals surface area contributed by atoms with Crippen molar-refractivity contribution in [3.63, 3.8) is 0 Å². The van der Waals surface area contributed by atoms with Gasteiger partial charge < -0.3 is 19.7 Å². The molecule has 0 bridgehead atoms. The first-order chi connectivity index (χ1) is 12.7. The number of phenolic OH excluding ortho intramolecular Hbond substituents is 2. The fourth-order valence-electron chi connectivity index (χ4n) is 1.89. The zero-order valence-corrected chi connectivity index (χ0v) is 19.9. The Hall–Kier alpha value is -1.30. The van der Waals surface area contributed by atoms with Gasteiger partial charge in [0.25, 0.3) is 5.91 Å². The molecule has 0 heterocycles. The van der Waals surface area contributed by atoms with Crippen LogP contribution in [0.2, 0.25) is 0 Å². The number of methoxy groups -OCH3 is 1. The van der Waals surface area contributed by atoms with Crippen LogP contribution in [-0.4, -0.2) is 36.1 Å². The van der Waals surface area contributed by atoms with Crippen LogP contribution in [0.3, 0.4) is 0 Å². The van der Waals surface area contributed by atoms with Crippen LogP contribution in [0.5, 0.6) is 23.0 Å². The van der Waals surface area contributed by atoms with Gasteiger partial charge in [0.05, 0.1) is 22.3 Å². The largest absolute Gasteiger partial charge is 0.504 e. The summed E-state index contributed by atoms with van der Waals surface area (Å²) in [5.74, 6) is -0.281. The van der Waals surface area contributed by atoms with Crippen LogP contribution in [0, 0.1) is 0 Å². The molecule has 0 aromatic heterocycles. The molecule has 2 aromatic carbocycles. The molecule has 0 saturated heterocycles. The number of nitrogens with one attached hydrogen (secondary N) is 1. The van der Waals surface area contributed by atoms with Crippen LogP contribution in [0.1, 0.15) is 5.56 Å². The first-order valence-electron chi connectivity index (χ1n) is 7.12. The quantitative estimate of drug-likeness (QED) is 0.244. The lowest BCUT2D eigenvalue weighted by atomic mass is 10.2. The Kier molecular flexibility index (Phi) is 7.95. The molecule has 0 saturated carbocycles. The molecular weight excluding hydrogens is 620 g/mol. The second-order valence-electron chi connectivity index (χ2n) is 4.96. The SMILES string of the molecule is COc1cc(Br)cc(Br)c1OCC(=O)N/N=C/c1cc(O)c(O)c(Br)c1Br. The van der Waals surface area contributed by atoms with E-state index in [0.717, 1.165) is 4.47 Å². The number of hydrazone groups is 1. The molecule has 11 heteroatoms. The van der Waals surface area contributed by atoms with Gasteiger partial charge in [-0.2, -0.15) is 5.10 Å². The number of hydrogen-bond acceptors (Lipinski definition) is 6. The third kappa shape index (κ3) is 5.59. The lowest BCUT2D eigenvalue weighted by molar-refractivity contribution is -0.123. The summed E-state index contributed by atoms with van der Waals surface area (Å²) in [4.78, 5) is 11.9. The Morgan fingerprint density at radius 3 is 2.56 bits per heavy atom. The number of ether oxygens (including phenoxy) is 2. The number of rotatable bonds is 6. The Labute approximate surface area is 188 Å². The fourth-order valence-corrected chi connectivity index (χ4v) is 4.03. The Morgan fingerprint density at radius 1 is 1.19 bits per heavy atom. The molecule has 144 valence electrons. The zero-order chi connectivity index (χ0) is 20.1. The summed E-state index contributed by atoms with van der Waals surface area (Å²) in [5, 5.41) is 23.0. The third-order valence-electron chi connectivity index (χ3n) is 3.12. The van der Waals surface area contributed by atoms with Crippen LogP contribution in [-0.2, 0) is 4.79 Å². The number of hydrogen-bond donors (Lipinski definition) is 3. The number of amides is 1. The maximum absolute atomic E-state index is 11.9. The van der Waals surface area contributed by atoms with E-state index in [-0.39, 0.29) is 22.6 Å². The number of benzene rings is 2. The smallest absolute Gasteiger partial charge is 0.277 e. The van der Waals surface area contributed by atoms with Crippen LogP contribution in [0.15, 0.2) is 41.2 Å². The summed E-state index contributed by atoms with van der Waals surface area (Å²) < 4.78 is 12.9. The molecule has 0 spiro atoms. The predicted octanol–water partition coefficient (Wildman–Crippen LogP) is 4.69. The van der Waals surface area contributed by atoms with Crippen molar-refractivity contribution in [2.45, 2.75) is 0 Å². The molecular formula is C16H12Br4N2O5. The number of aromatic hydroxyl groups is 2. The molecule has 27 heavy (non-hydrogen) atoms. The monoisotopic (exact) mass is 628 g/mol. The van der Waals surface area contributed by atoms with Gasteiger partial charge in [-0.05, 0) is 66.0 Å². The Morgan fingerprint density at radius 2 is 1.89 bits per heavy atom. The first kappa shape index (κ1) is 22.0. The number of halogens is 4. The van der Waals surface area contributed by atoms with Crippen molar-refractivity contribution < 1.29 is 24.5 Å². The number of carbonyl (C=O) groups excluding carboxylic acids is 1. The zero-order valence-electron chi connectivity index (χ0n) is 13.6. The highest BCUT2D eigenvalue weighted by Crippen LogP contribution is 2.40. The first-order valence-corrected chi connectivity index (χ1v) is 10.3. The standard InChI is InChI=1S/C16H12Br4N2O5/c1-26-11-4-8(17)3-9(18)16(11)27-6-12(24)22-21-5-7-2-10(23)15(25)14(20)13(7)19/h2-5,23,25H,6H2,1H3,(H,22,24)/b21-5+. The van der Waals surface area contributed by atoms with Gasteiger partial charge in [0.2, 0.25) is 0 Å². The highest BCUT2D eigenvalue weighted by molar-refractivity contribution is 9.13. The van der Waals surface area contributed by atoms with E-state index in [1.54, 1.807) is 12.1 Å². The maximum Gasteiger partial charge on any atom is 0.277 e. The van der Waals surface area contributed by atoms with Crippen LogP contribution in [0.25, 0.3) is 0 Å². The molecule has 7 nitrogen and oxygen atoms in total. The average molecular weight is 632 g/mol. The highest BCUT2D eigenvalue weighted by Gasteiger charge is 2.14. The lowest BCUT2D eigenvalue weighted by Gasteiger charge is -2.12. The van der Waals surface area contributed by atoms with Crippen molar-refractivity contribution in [1.29, 1.82) is 0 Å². The van der Waals surface area contributed by atoms with Gasteiger partial charge in [0, 0.05) is 14.5 Å². The van der Waals surface area contributed by atoms with E-state index in [0.29, 0.717) is 26.0 Å². The van der Waals surface area contributed by atoms with E-state index in [1.165, 1.54) is 19.4 Å². The van der Waals surface area contributed by atoms with Crippen molar-refractivity contribution in [3.8, 4) is 23.0 Å². The molecule has 0 atom stereocenters. The molecule has 1 amide bonds. The molecule has 0 aliphatic heterocycles. The van der Waals surface area contributed by atoms with Gasteiger partial charge >= 0.3 is 0 Å². The van der Waals surface area contributed by atoms with Crippen LogP contribution in [0.4, 0.5) is 0 Å². The third-order valence-corrected chi connectivity index (χ3v) is 6.33. The summed E-state index contributed by atoms with van der Waals surface area (Å²) in [6, 6.07) is 4.77. The normalized spacial score (nSPS) is 10.9. The molecule has 2 rings (SSSR count). The van der Waals surface area contributed by atoms with Gasteiger partial charge in [0.1, 0.15) is 0 Å². The minimum atomic E-state index is -0.499. The predicted molar refractivity (Wildman–Crippen MR) is 115 cm³/mol. The topological polar surface area (TPSA) is 100 Å². The Balaban J connectivity index is 2.01. The summed E-state index contributed by atoms with van der Waals surface area (Å²) in [7, 11) is 1.49. The molecule has 0 fully saturated rings. The van der Waals surface area contributed by atoms with Crippen molar-refractivity contribution in [3.05, 3.63) is 41.7 Å². The summed E-state index contributed by atoms with van der Waals surface area (Å²) in [5.41, 5.74) is 2.75. The average Bonchev–Trinajstić information content (AvgIpc) is 2.62. The lowest BCUT2D eigenvalue weighted by Crippen LogP contribution is -2.24. The van der Waals surface area contributed by atoms with Crippen molar-refractivity contribution >= 4 is 75.8 Å². The van der Waals surface area contributed by atoms with E-state index < -0.39 is 5.91 Å². The second-order valence-corrected chi connectivity index (χ2v) is 8.32. The van der Waals surface area contributed by atoms with Gasteiger partial charge in [-0.1, -0.05) is 15.9 Å². The fraction of sp³-hybridized carbons (Fsp3) is 0.125. The number of phenols is 2. The summed E-state index contributed by atoms with van der Waals surface area (Å²) in [6.07, 6.45) is 1.31. The molecule has 0 radical (unpaired) electrons. The second kappa shape index (κ2) is 9.76.